The van der Waals surface area contributed by atoms with E-state index in [0.717, 1.165) is 12.0 Å². The lowest BCUT2D eigenvalue weighted by molar-refractivity contribution is -0.129. The summed E-state index contributed by atoms with van der Waals surface area (Å²) < 4.78 is 1.82. The van der Waals surface area contributed by atoms with Gasteiger partial charge in [-0.15, -0.1) is 0 Å². The van der Waals surface area contributed by atoms with Crippen molar-refractivity contribution in [2.45, 2.75) is 33.7 Å². The molecular formula is C12H22N4O. The minimum Gasteiger partial charge on any atom is -0.354 e. The van der Waals surface area contributed by atoms with E-state index in [0.29, 0.717) is 19.6 Å². The van der Waals surface area contributed by atoms with Gasteiger partial charge in [-0.2, -0.15) is 5.10 Å². The van der Waals surface area contributed by atoms with Gasteiger partial charge in [0.05, 0.1) is 18.2 Å². The van der Waals surface area contributed by atoms with Gasteiger partial charge in [0.2, 0.25) is 5.91 Å². The van der Waals surface area contributed by atoms with E-state index < -0.39 is 5.41 Å². The van der Waals surface area contributed by atoms with E-state index in [-0.39, 0.29) is 5.91 Å². The molecule has 1 unspecified atom stereocenters. The summed E-state index contributed by atoms with van der Waals surface area (Å²) in [5.74, 6) is 0.0198. The van der Waals surface area contributed by atoms with Gasteiger partial charge in [0.1, 0.15) is 0 Å². The number of hydrogen-bond acceptors (Lipinski definition) is 3. The average Bonchev–Trinajstić information content (AvgIpc) is 2.74. The van der Waals surface area contributed by atoms with Crippen LogP contribution in [0.4, 0.5) is 0 Å². The molecule has 0 saturated carbocycles. The summed E-state index contributed by atoms with van der Waals surface area (Å²) in [7, 11) is 0. The lowest BCUT2D eigenvalue weighted by Crippen LogP contribution is -2.44. The third-order valence-electron chi connectivity index (χ3n) is 3.17. The molecule has 0 aromatic carbocycles. The molecule has 1 heterocycles. The predicted molar refractivity (Wildman–Crippen MR) is 67.4 cm³/mol. The van der Waals surface area contributed by atoms with E-state index in [4.69, 9.17) is 5.73 Å². The van der Waals surface area contributed by atoms with Gasteiger partial charge in [0.25, 0.3) is 0 Å². The number of carbonyl (C=O) groups excluding carboxylic acids is 1. The Morgan fingerprint density at radius 2 is 2.35 bits per heavy atom. The van der Waals surface area contributed by atoms with Gasteiger partial charge in [0.15, 0.2) is 0 Å². The molecule has 0 saturated heterocycles. The molecule has 0 fully saturated rings. The summed E-state index contributed by atoms with van der Waals surface area (Å²) in [6.07, 6.45) is 4.50. The highest BCUT2D eigenvalue weighted by molar-refractivity contribution is 5.82. The molecule has 3 N–H and O–H groups in total. The van der Waals surface area contributed by atoms with E-state index >= 15 is 0 Å². The number of amides is 1. The zero-order valence-electron chi connectivity index (χ0n) is 10.9. The van der Waals surface area contributed by atoms with Crippen LogP contribution in [-0.2, 0) is 11.3 Å². The first-order valence-corrected chi connectivity index (χ1v) is 5.99. The highest BCUT2D eigenvalue weighted by atomic mass is 16.2. The number of carbonyl (C=O) groups is 1. The molecule has 96 valence electrons. The van der Waals surface area contributed by atoms with Gasteiger partial charge >= 0.3 is 0 Å². The van der Waals surface area contributed by atoms with Crippen molar-refractivity contribution >= 4 is 5.91 Å². The molecule has 0 aliphatic carbocycles. The Labute approximate surface area is 102 Å². The summed E-state index contributed by atoms with van der Waals surface area (Å²) in [5, 5.41) is 7.06. The van der Waals surface area contributed by atoms with Crippen LogP contribution >= 0.6 is 0 Å². The Morgan fingerprint density at radius 3 is 2.82 bits per heavy atom. The fraction of sp³-hybridized carbons (Fsp3) is 0.667. The maximum absolute atomic E-state index is 11.9. The standard InChI is InChI=1S/C12H22N4O/c1-4-12(3,9-13)11(17)14-5-6-16-8-10(2)7-15-16/h7-8H,4-6,9,13H2,1-3H3,(H,14,17). The molecule has 17 heavy (non-hydrogen) atoms. The van der Waals surface area contributed by atoms with Crippen molar-refractivity contribution in [3.05, 3.63) is 18.0 Å². The lowest BCUT2D eigenvalue weighted by atomic mass is 9.87. The lowest BCUT2D eigenvalue weighted by Gasteiger charge is -2.24. The first-order valence-electron chi connectivity index (χ1n) is 5.99. The van der Waals surface area contributed by atoms with Crippen molar-refractivity contribution < 1.29 is 4.79 Å². The van der Waals surface area contributed by atoms with Crippen LogP contribution in [0.3, 0.4) is 0 Å². The number of rotatable bonds is 6. The highest BCUT2D eigenvalue weighted by Crippen LogP contribution is 2.18. The highest BCUT2D eigenvalue weighted by Gasteiger charge is 2.28. The fourth-order valence-corrected chi connectivity index (χ4v) is 1.48. The van der Waals surface area contributed by atoms with E-state index in [9.17, 15) is 4.79 Å². The molecule has 1 atom stereocenters. The molecule has 1 rings (SSSR count). The summed E-state index contributed by atoms with van der Waals surface area (Å²) in [5.41, 5.74) is 6.29. The molecule has 0 aliphatic rings. The summed E-state index contributed by atoms with van der Waals surface area (Å²) in [4.78, 5) is 11.9. The Bertz CT molecular complexity index is 368. The summed E-state index contributed by atoms with van der Waals surface area (Å²) >= 11 is 0. The normalized spacial score (nSPS) is 14.4. The molecule has 1 amide bonds. The second-order valence-electron chi connectivity index (χ2n) is 4.65. The van der Waals surface area contributed by atoms with Gasteiger partial charge < -0.3 is 11.1 Å². The number of nitrogens with two attached hydrogens (primary N) is 1. The van der Waals surface area contributed by atoms with Crippen molar-refractivity contribution in [3.8, 4) is 0 Å². The van der Waals surface area contributed by atoms with Gasteiger partial charge in [-0.05, 0) is 25.8 Å². The van der Waals surface area contributed by atoms with Crippen molar-refractivity contribution in [3.63, 3.8) is 0 Å². The number of aryl methyl sites for hydroxylation is 1. The first-order chi connectivity index (χ1) is 8.01. The van der Waals surface area contributed by atoms with E-state index in [1.54, 1.807) is 6.20 Å². The second kappa shape index (κ2) is 5.82. The minimum atomic E-state index is -0.458. The van der Waals surface area contributed by atoms with Crippen LogP contribution in [-0.4, -0.2) is 28.8 Å². The molecular weight excluding hydrogens is 216 g/mol. The monoisotopic (exact) mass is 238 g/mol. The third kappa shape index (κ3) is 3.56. The van der Waals surface area contributed by atoms with E-state index in [1.165, 1.54) is 0 Å². The maximum Gasteiger partial charge on any atom is 0.227 e. The van der Waals surface area contributed by atoms with Crippen molar-refractivity contribution in [1.82, 2.24) is 15.1 Å². The van der Waals surface area contributed by atoms with Crippen molar-refractivity contribution in [2.75, 3.05) is 13.1 Å². The van der Waals surface area contributed by atoms with E-state index in [2.05, 4.69) is 10.4 Å². The molecule has 5 heteroatoms. The van der Waals surface area contributed by atoms with Crippen molar-refractivity contribution in [1.29, 1.82) is 0 Å². The first kappa shape index (κ1) is 13.7. The van der Waals surface area contributed by atoms with Crippen LogP contribution in [0.25, 0.3) is 0 Å². The van der Waals surface area contributed by atoms with Crippen LogP contribution in [0.1, 0.15) is 25.8 Å². The van der Waals surface area contributed by atoms with Gasteiger partial charge in [-0.3, -0.25) is 9.48 Å². The molecule has 0 radical (unpaired) electrons. The summed E-state index contributed by atoms with van der Waals surface area (Å²) in [6, 6.07) is 0. The SMILES string of the molecule is CCC(C)(CN)C(=O)NCCn1cc(C)cn1. The van der Waals surface area contributed by atoms with Crippen LogP contribution in [0, 0.1) is 12.3 Å². The number of nitrogens with one attached hydrogen (secondary N) is 1. The Kier molecular flexibility index (Phi) is 4.69. The van der Waals surface area contributed by atoms with Gasteiger partial charge in [-0.1, -0.05) is 6.92 Å². The molecule has 0 bridgehead atoms. The molecule has 0 spiro atoms. The summed E-state index contributed by atoms with van der Waals surface area (Å²) in [6.45, 7) is 7.49. The van der Waals surface area contributed by atoms with Crippen LogP contribution in [0.2, 0.25) is 0 Å². The molecule has 5 nitrogen and oxygen atoms in total. The Hall–Kier alpha value is -1.36. The Balaban J connectivity index is 2.38. The number of nitrogens with zero attached hydrogens (tertiary/aromatic N) is 2. The van der Waals surface area contributed by atoms with Gasteiger partial charge in [0, 0.05) is 19.3 Å². The zero-order valence-corrected chi connectivity index (χ0v) is 10.9. The van der Waals surface area contributed by atoms with E-state index in [1.807, 2.05) is 31.6 Å². The topological polar surface area (TPSA) is 72.9 Å². The number of aromatic nitrogens is 2. The molecule has 1 aromatic rings. The minimum absolute atomic E-state index is 0.0198. The van der Waals surface area contributed by atoms with Gasteiger partial charge in [-0.25, -0.2) is 0 Å². The fourth-order valence-electron chi connectivity index (χ4n) is 1.48. The zero-order chi connectivity index (χ0) is 12.9. The predicted octanol–water partition coefficient (Wildman–Crippen LogP) is 0.683. The number of hydrogen-bond donors (Lipinski definition) is 2. The van der Waals surface area contributed by atoms with Crippen molar-refractivity contribution in [2.24, 2.45) is 11.1 Å². The average molecular weight is 238 g/mol. The smallest absolute Gasteiger partial charge is 0.227 e. The molecule has 0 aliphatic heterocycles. The van der Waals surface area contributed by atoms with Crippen LogP contribution < -0.4 is 11.1 Å². The Morgan fingerprint density at radius 1 is 1.65 bits per heavy atom. The maximum atomic E-state index is 11.9. The third-order valence-corrected chi connectivity index (χ3v) is 3.17. The molecule has 1 aromatic heterocycles. The van der Waals surface area contributed by atoms with Crippen LogP contribution in [0.5, 0.6) is 0 Å². The van der Waals surface area contributed by atoms with Crippen LogP contribution in [0.15, 0.2) is 12.4 Å². The largest absolute Gasteiger partial charge is 0.354 e. The second-order valence-corrected chi connectivity index (χ2v) is 4.65. The quantitative estimate of drug-likeness (QED) is 0.765.